The molecule has 7 N–H and O–H groups in total. The summed E-state index contributed by atoms with van der Waals surface area (Å²) in [7, 11) is 1.82. The first-order valence-corrected chi connectivity index (χ1v) is 9.18. The number of aromatic nitrogens is 3. The van der Waals surface area contributed by atoms with Gasteiger partial charge in [0.25, 0.3) is 0 Å². The maximum Gasteiger partial charge on any atom is 0.248 e. The minimum Gasteiger partial charge on any atom is -0.388 e. The Hall–Kier alpha value is -4.40. The van der Waals surface area contributed by atoms with Crippen LogP contribution in [-0.2, 0) is 0 Å². The second-order valence-electron chi connectivity index (χ2n) is 6.52. The van der Waals surface area contributed by atoms with Crippen LogP contribution < -0.4 is 21.7 Å². The number of nitrogens with zero attached hydrogens (tertiary/aromatic N) is 2. The van der Waals surface area contributed by atoms with E-state index in [-0.39, 0.29) is 0 Å². The number of nitrogens with one attached hydrogen (secondary N) is 5. The first-order chi connectivity index (χ1) is 14.6. The smallest absolute Gasteiger partial charge is 0.248 e. The second kappa shape index (κ2) is 7.92. The lowest BCUT2D eigenvalue weighted by molar-refractivity contribution is 0.100. The number of amides is 1. The Bertz CT molecular complexity index is 1230. The fraction of sp³-hybridized carbons (Fsp3) is 0.0476. The molecule has 2 aromatic carbocycles. The number of nitrogens with two attached hydrogens (primary N) is 1. The van der Waals surface area contributed by atoms with Crippen LogP contribution in [0.1, 0.15) is 15.9 Å². The minimum absolute atomic E-state index is 0.387. The maximum absolute atomic E-state index is 11.2. The number of hydrogen-bond acceptors (Lipinski definition) is 7. The molecule has 4 rings (SSSR count). The molecule has 0 saturated carbocycles. The highest BCUT2D eigenvalue weighted by Gasteiger charge is 2.11. The largest absolute Gasteiger partial charge is 0.388 e. The molecule has 0 aliphatic rings. The van der Waals surface area contributed by atoms with Gasteiger partial charge >= 0.3 is 0 Å². The predicted octanol–water partition coefficient (Wildman–Crippen LogP) is 3.58. The Morgan fingerprint density at radius 1 is 1.07 bits per heavy atom. The molecule has 2 aromatic heterocycles. The number of aromatic amines is 1. The zero-order chi connectivity index (χ0) is 21.1. The number of H-pyrrole nitrogens is 1. The molecule has 0 bridgehead atoms. The lowest BCUT2D eigenvalue weighted by Crippen LogP contribution is -2.10. The van der Waals surface area contributed by atoms with Gasteiger partial charge < -0.3 is 32.1 Å². The van der Waals surface area contributed by atoms with E-state index in [1.54, 1.807) is 30.5 Å². The molecule has 0 unspecified atom stereocenters. The number of anilines is 5. The van der Waals surface area contributed by atoms with Crippen LogP contribution in [0.5, 0.6) is 0 Å². The number of carbonyl (C=O) groups is 1. The molecule has 4 aromatic rings. The van der Waals surface area contributed by atoms with Gasteiger partial charge in [0, 0.05) is 47.6 Å². The summed E-state index contributed by atoms with van der Waals surface area (Å²) in [6, 6.07) is 14.3. The quantitative estimate of drug-likeness (QED) is 0.262. The number of benzene rings is 2. The van der Waals surface area contributed by atoms with Gasteiger partial charge in [0.2, 0.25) is 11.9 Å². The maximum atomic E-state index is 11.2. The lowest BCUT2D eigenvalue weighted by atomic mass is 10.1. The van der Waals surface area contributed by atoms with Crippen LogP contribution in [0.4, 0.5) is 28.8 Å². The number of fused-ring (bicyclic) bond motifs is 1. The van der Waals surface area contributed by atoms with Crippen molar-refractivity contribution in [2.45, 2.75) is 0 Å². The average molecular weight is 400 g/mol. The standard InChI is InChI=1S/C21H20N8O/c1-24-17-7-6-15(10-13(17)11-22)26-20-16-8-9-25-19(16)28-21(29-20)27-14-4-2-12(3-5-14)18(23)30/h2-11,22,24H,1H3,(H2,23,30)(H3,25,26,27,28,29). The molecule has 150 valence electrons. The van der Waals surface area contributed by atoms with Crippen LogP contribution >= 0.6 is 0 Å². The topological polar surface area (TPSA) is 145 Å². The Morgan fingerprint density at radius 3 is 2.53 bits per heavy atom. The van der Waals surface area contributed by atoms with Crippen LogP contribution in [0.2, 0.25) is 0 Å². The van der Waals surface area contributed by atoms with Gasteiger partial charge in [0.05, 0.1) is 5.39 Å². The van der Waals surface area contributed by atoms with Crippen molar-refractivity contribution in [2.75, 3.05) is 23.0 Å². The van der Waals surface area contributed by atoms with Crippen molar-refractivity contribution in [3.05, 3.63) is 65.9 Å². The molecule has 30 heavy (non-hydrogen) atoms. The first kappa shape index (κ1) is 18.9. The van der Waals surface area contributed by atoms with E-state index in [1.165, 1.54) is 6.21 Å². The summed E-state index contributed by atoms with van der Waals surface area (Å²) >= 11 is 0. The van der Waals surface area contributed by atoms with Crippen molar-refractivity contribution in [1.82, 2.24) is 15.0 Å². The fourth-order valence-electron chi connectivity index (χ4n) is 3.06. The molecule has 9 nitrogen and oxygen atoms in total. The van der Waals surface area contributed by atoms with Gasteiger partial charge in [-0.1, -0.05) is 0 Å². The predicted molar refractivity (Wildman–Crippen MR) is 119 cm³/mol. The molecule has 0 aliphatic carbocycles. The summed E-state index contributed by atoms with van der Waals surface area (Å²) in [4.78, 5) is 23.4. The molecule has 9 heteroatoms. The van der Waals surface area contributed by atoms with Gasteiger partial charge in [-0.15, -0.1) is 0 Å². The van der Waals surface area contributed by atoms with Gasteiger partial charge in [-0.3, -0.25) is 4.79 Å². The van der Waals surface area contributed by atoms with Gasteiger partial charge in [-0.2, -0.15) is 9.97 Å². The molecule has 2 heterocycles. The molecule has 0 spiro atoms. The number of hydrogen-bond donors (Lipinski definition) is 6. The van der Waals surface area contributed by atoms with Gasteiger partial charge in [0.1, 0.15) is 11.5 Å². The van der Waals surface area contributed by atoms with Crippen LogP contribution in [0.15, 0.2) is 54.7 Å². The summed E-state index contributed by atoms with van der Waals surface area (Å²) in [5.41, 5.74) is 9.53. The van der Waals surface area contributed by atoms with E-state index in [2.05, 4.69) is 30.9 Å². The average Bonchev–Trinajstić information content (AvgIpc) is 3.23. The van der Waals surface area contributed by atoms with Crippen LogP contribution in [0.25, 0.3) is 11.0 Å². The van der Waals surface area contributed by atoms with E-state index in [0.29, 0.717) is 23.0 Å². The fourth-order valence-corrected chi connectivity index (χ4v) is 3.06. The van der Waals surface area contributed by atoms with Gasteiger partial charge in [-0.25, -0.2) is 0 Å². The van der Waals surface area contributed by atoms with Crippen molar-refractivity contribution < 1.29 is 4.79 Å². The zero-order valence-electron chi connectivity index (χ0n) is 16.2. The van der Waals surface area contributed by atoms with Crippen molar-refractivity contribution in [3.63, 3.8) is 0 Å². The minimum atomic E-state index is -0.481. The molecular formula is C21H20N8O. The first-order valence-electron chi connectivity index (χ1n) is 9.18. The molecule has 0 saturated heterocycles. The molecule has 0 aliphatic heterocycles. The SMILES string of the molecule is CNc1ccc(Nc2nc(Nc3ccc(C(N)=O)cc3)nc3[nH]ccc23)cc1C=N. The Balaban J connectivity index is 1.66. The third-order valence-corrected chi connectivity index (χ3v) is 4.58. The van der Waals surface area contributed by atoms with Gasteiger partial charge in [0.15, 0.2) is 0 Å². The molecule has 0 fully saturated rings. The monoisotopic (exact) mass is 400 g/mol. The lowest BCUT2D eigenvalue weighted by Gasteiger charge is -2.12. The summed E-state index contributed by atoms with van der Waals surface area (Å²) in [6.45, 7) is 0. The third kappa shape index (κ3) is 3.76. The molecule has 0 atom stereocenters. The van der Waals surface area contributed by atoms with E-state index < -0.39 is 5.91 Å². The van der Waals surface area contributed by atoms with Crippen molar-refractivity contribution in [2.24, 2.45) is 5.73 Å². The highest BCUT2D eigenvalue weighted by atomic mass is 16.1. The number of rotatable bonds is 7. The molecular weight excluding hydrogens is 380 g/mol. The zero-order valence-corrected chi connectivity index (χ0v) is 16.2. The Labute approximate surface area is 172 Å². The van der Waals surface area contributed by atoms with Crippen molar-refractivity contribution in [1.29, 1.82) is 5.41 Å². The third-order valence-electron chi connectivity index (χ3n) is 4.58. The number of primary amides is 1. The van der Waals surface area contributed by atoms with E-state index in [1.807, 2.05) is 31.3 Å². The van der Waals surface area contributed by atoms with Crippen LogP contribution in [0, 0.1) is 5.41 Å². The summed E-state index contributed by atoms with van der Waals surface area (Å²) in [6.07, 6.45) is 3.09. The molecule has 0 radical (unpaired) electrons. The van der Waals surface area contributed by atoms with Crippen LogP contribution in [-0.4, -0.2) is 34.1 Å². The van der Waals surface area contributed by atoms with Crippen LogP contribution in [0.3, 0.4) is 0 Å². The second-order valence-corrected chi connectivity index (χ2v) is 6.52. The van der Waals surface area contributed by atoms with Gasteiger partial charge in [-0.05, 0) is 48.5 Å². The summed E-state index contributed by atoms with van der Waals surface area (Å²) in [5.74, 6) is 0.523. The summed E-state index contributed by atoms with van der Waals surface area (Å²) in [5, 5.41) is 17.9. The van der Waals surface area contributed by atoms with E-state index in [0.717, 1.165) is 28.0 Å². The summed E-state index contributed by atoms with van der Waals surface area (Å²) < 4.78 is 0. The van der Waals surface area contributed by atoms with Crippen molar-refractivity contribution >= 4 is 52.0 Å². The highest BCUT2D eigenvalue weighted by Crippen LogP contribution is 2.27. The van der Waals surface area contributed by atoms with E-state index >= 15 is 0 Å². The normalized spacial score (nSPS) is 10.6. The Kier molecular flexibility index (Phi) is 5.00. The highest BCUT2D eigenvalue weighted by molar-refractivity contribution is 5.94. The van der Waals surface area contributed by atoms with E-state index in [4.69, 9.17) is 11.1 Å². The van der Waals surface area contributed by atoms with E-state index in [9.17, 15) is 4.79 Å². The Morgan fingerprint density at radius 2 is 1.83 bits per heavy atom. The molecule has 1 amide bonds. The van der Waals surface area contributed by atoms with Crippen molar-refractivity contribution in [3.8, 4) is 0 Å². The number of carbonyl (C=O) groups excluding carboxylic acids is 1.